The van der Waals surface area contributed by atoms with Crippen LogP contribution in [0.3, 0.4) is 0 Å². The maximum Gasteiger partial charge on any atom is 0.0657 e. The van der Waals surface area contributed by atoms with Crippen molar-refractivity contribution in [2.24, 2.45) is 40.4 Å². The number of rotatable bonds is 5. The van der Waals surface area contributed by atoms with E-state index >= 15 is 0 Å². The Morgan fingerprint density at radius 1 is 1.07 bits per heavy atom. The van der Waals surface area contributed by atoms with Crippen LogP contribution in [0.4, 0.5) is 0 Å². The summed E-state index contributed by atoms with van der Waals surface area (Å²) >= 11 is 0. The number of allylic oxidation sites excluding steroid dienone is 1. The normalized spacial score (nSPS) is 47.1. The molecule has 3 fully saturated rings. The van der Waals surface area contributed by atoms with Gasteiger partial charge >= 0.3 is 0 Å². The van der Waals surface area contributed by atoms with E-state index in [-0.39, 0.29) is 0 Å². The van der Waals surface area contributed by atoms with Gasteiger partial charge in [-0.15, -0.1) is 0 Å². The van der Waals surface area contributed by atoms with Gasteiger partial charge in [-0.2, -0.15) is 0 Å². The molecule has 3 saturated carbocycles. The van der Waals surface area contributed by atoms with E-state index in [2.05, 4.69) is 26.8 Å². The summed E-state index contributed by atoms with van der Waals surface area (Å²) in [5.74, 6) is 4.20. The SMILES string of the molecule is C[C@H](CCCC(C)(C)O)[C@H]1CC[C@H]2C3CC=C4C[C@@](C)(O)CC[C@]4(C)[C@H]3CC[C@]12C. The van der Waals surface area contributed by atoms with Gasteiger partial charge in [-0.05, 0) is 119 Å². The van der Waals surface area contributed by atoms with Crippen molar-refractivity contribution in [2.45, 2.75) is 123 Å². The van der Waals surface area contributed by atoms with Gasteiger partial charge in [0.25, 0.3) is 0 Å². The molecule has 0 aliphatic heterocycles. The molecule has 172 valence electrons. The Morgan fingerprint density at radius 2 is 1.80 bits per heavy atom. The smallest absolute Gasteiger partial charge is 0.0657 e. The van der Waals surface area contributed by atoms with Gasteiger partial charge in [0.15, 0.2) is 0 Å². The van der Waals surface area contributed by atoms with Gasteiger partial charge in [-0.1, -0.05) is 45.3 Å². The van der Waals surface area contributed by atoms with Crippen LogP contribution in [0.2, 0.25) is 0 Å². The third-order valence-corrected chi connectivity index (χ3v) is 10.6. The van der Waals surface area contributed by atoms with Gasteiger partial charge < -0.3 is 10.2 Å². The van der Waals surface area contributed by atoms with Crippen molar-refractivity contribution >= 4 is 0 Å². The summed E-state index contributed by atoms with van der Waals surface area (Å²) in [5.41, 5.74) is 1.42. The second-order valence-corrected chi connectivity index (χ2v) is 13.3. The third kappa shape index (κ3) is 3.94. The molecule has 2 nitrogen and oxygen atoms in total. The zero-order valence-corrected chi connectivity index (χ0v) is 20.6. The summed E-state index contributed by atoms with van der Waals surface area (Å²) in [6.07, 6.45) is 15.8. The van der Waals surface area contributed by atoms with Crippen LogP contribution in [-0.2, 0) is 0 Å². The summed E-state index contributed by atoms with van der Waals surface area (Å²) in [5, 5.41) is 20.8. The molecule has 0 aromatic carbocycles. The van der Waals surface area contributed by atoms with Crippen LogP contribution in [0.15, 0.2) is 11.6 Å². The highest BCUT2D eigenvalue weighted by Gasteiger charge is 2.59. The minimum atomic E-state index is -0.522. The molecule has 0 aromatic rings. The van der Waals surface area contributed by atoms with E-state index < -0.39 is 11.2 Å². The van der Waals surface area contributed by atoms with Crippen LogP contribution in [-0.4, -0.2) is 21.4 Å². The lowest BCUT2D eigenvalue weighted by molar-refractivity contribution is -0.0707. The molecular weight excluding hydrogens is 368 g/mol. The van der Waals surface area contributed by atoms with Crippen molar-refractivity contribution in [2.75, 3.05) is 0 Å². The van der Waals surface area contributed by atoms with E-state index in [0.29, 0.717) is 10.8 Å². The lowest BCUT2D eigenvalue weighted by atomic mass is 9.46. The van der Waals surface area contributed by atoms with E-state index in [0.717, 1.165) is 55.3 Å². The Labute approximate surface area is 185 Å². The van der Waals surface area contributed by atoms with Crippen LogP contribution in [0.1, 0.15) is 112 Å². The van der Waals surface area contributed by atoms with E-state index in [9.17, 15) is 10.2 Å². The van der Waals surface area contributed by atoms with Gasteiger partial charge in [0.1, 0.15) is 0 Å². The second kappa shape index (κ2) is 7.62. The number of aliphatic hydroxyl groups is 2. The van der Waals surface area contributed by atoms with Gasteiger partial charge in [-0.25, -0.2) is 0 Å². The molecule has 2 heteroatoms. The Bertz CT molecular complexity index is 671. The summed E-state index contributed by atoms with van der Waals surface area (Å²) in [6, 6.07) is 0. The van der Waals surface area contributed by atoms with Gasteiger partial charge in [0, 0.05) is 0 Å². The highest BCUT2D eigenvalue weighted by molar-refractivity contribution is 5.26. The number of hydrogen-bond acceptors (Lipinski definition) is 2. The van der Waals surface area contributed by atoms with E-state index in [1.165, 1.54) is 44.9 Å². The maximum atomic E-state index is 10.7. The van der Waals surface area contributed by atoms with Crippen molar-refractivity contribution in [1.82, 2.24) is 0 Å². The molecule has 8 atom stereocenters. The first-order chi connectivity index (χ1) is 13.9. The third-order valence-electron chi connectivity index (χ3n) is 10.6. The molecule has 4 aliphatic rings. The maximum absolute atomic E-state index is 10.7. The van der Waals surface area contributed by atoms with E-state index in [1.807, 2.05) is 20.8 Å². The minimum Gasteiger partial charge on any atom is -0.390 e. The lowest BCUT2D eigenvalue weighted by Crippen LogP contribution is -2.52. The van der Waals surface area contributed by atoms with Crippen molar-refractivity contribution in [3.8, 4) is 0 Å². The lowest BCUT2D eigenvalue weighted by Gasteiger charge is -2.59. The average Bonchev–Trinajstić information content (AvgIpc) is 2.98. The molecule has 1 unspecified atom stereocenters. The zero-order chi connectivity index (χ0) is 21.9. The summed E-state index contributed by atoms with van der Waals surface area (Å²) in [4.78, 5) is 0. The van der Waals surface area contributed by atoms with Crippen LogP contribution in [0.25, 0.3) is 0 Å². The molecule has 0 saturated heterocycles. The predicted molar refractivity (Wildman–Crippen MR) is 125 cm³/mol. The van der Waals surface area contributed by atoms with Crippen molar-refractivity contribution < 1.29 is 10.2 Å². The highest BCUT2D eigenvalue weighted by Crippen LogP contribution is 2.67. The molecule has 0 heterocycles. The summed E-state index contributed by atoms with van der Waals surface area (Å²) < 4.78 is 0. The Balaban J connectivity index is 1.48. The molecule has 2 N–H and O–H groups in total. The first-order valence-electron chi connectivity index (χ1n) is 13.0. The average molecular weight is 417 g/mol. The summed E-state index contributed by atoms with van der Waals surface area (Å²) in [7, 11) is 0. The highest BCUT2D eigenvalue weighted by atomic mass is 16.3. The van der Waals surface area contributed by atoms with Crippen LogP contribution >= 0.6 is 0 Å². The number of hydrogen-bond donors (Lipinski definition) is 2. The molecule has 4 aliphatic carbocycles. The Morgan fingerprint density at radius 3 is 2.50 bits per heavy atom. The van der Waals surface area contributed by atoms with Gasteiger partial charge in [0.2, 0.25) is 0 Å². The van der Waals surface area contributed by atoms with Crippen molar-refractivity contribution in [3.05, 3.63) is 11.6 Å². The zero-order valence-electron chi connectivity index (χ0n) is 20.6. The van der Waals surface area contributed by atoms with Crippen LogP contribution in [0.5, 0.6) is 0 Å². The van der Waals surface area contributed by atoms with Gasteiger partial charge in [0.05, 0.1) is 11.2 Å². The second-order valence-electron chi connectivity index (χ2n) is 13.3. The fraction of sp³-hybridized carbons (Fsp3) is 0.929. The molecule has 30 heavy (non-hydrogen) atoms. The van der Waals surface area contributed by atoms with Crippen molar-refractivity contribution in [3.63, 3.8) is 0 Å². The molecule has 0 aromatic heterocycles. The monoisotopic (exact) mass is 416 g/mol. The fourth-order valence-electron chi connectivity index (χ4n) is 8.84. The fourth-order valence-corrected chi connectivity index (χ4v) is 8.84. The first kappa shape index (κ1) is 22.8. The predicted octanol–water partition coefficient (Wildman–Crippen LogP) is 6.89. The van der Waals surface area contributed by atoms with Crippen molar-refractivity contribution in [1.29, 1.82) is 0 Å². The van der Waals surface area contributed by atoms with E-state index in [4.69, 9.17) is 0 Å². The summed E-state index contributed by atoms with van der Waals surface area (Å²) in [6.45, 7) is 13.6. The molecular formula is C28H48O2. The van der Waals surface area contributed by atoms with Crippen LogP contribution < -0.4 is 0 Å². The largest absolute Gasteiger partial charge is 0.390 e. The first-order valence-corrected chi connectivity index (χ1v) is 13.0. The minimum absolute atomic E-state index is 0.336. The molecule has 0 spiro atoms. The molecule has 0 radical (unpaired) electrons. The van der Waals surface area contributed by atoms with Crippen LogP contribution in [0, 0.1) is 40.4 Å². The Hall–Kier alpha value is -0.340. The number of fused-ring (bicyclic) bond motifs is 5. The Kier molecular flexibility index (Phi) is 5.80. The molecule has 0 amide bonds. The quantitative estimate of drug-likeness (QED) is 0.479. The van der Waals surface area contributed by atoms with Gasteiger partial charge in [-0.3, -0.25) is 0 Å². The molecule has 4 rings (SSSR count). The van der Waals surface area contributed by atoms with E-state index in [1.54, 1.807) is 5.57 Å². The topological polar surface area (TPSA) is 40.5 Å². The standard InChI is InChI=1S/C28H48O2/c1-19(8-7-14-25(2,3)29)22-11-12-23-21-10-9-20-18-26(4,30)16-17-27(20,5)24(21)13-15-28(22,23)6/h9,19,21-24,29-30H,7-8,10-18H2,1-6H3/t19-,21?,22-,23+,24+,26+,27+,28-/m1/s1. The molecule has 0 bridgehead atoms.